The van der Waals surface area contributed by atoms with Crippen LogP contribution in [0.4, 0.5) is 0 Å². The van der Waals surface area contributed by atoms with E-state index in [4.69, 9.17) is 5.11 Å². The van der Waals surface area contributed by atoms with Gasteiger partial charge in [0.05, 0.1) is 0 Å². The topological polar surface area (TPSA) is 49.3 Å². The molecule has 1 atom stereocenters. The summed E-state index contributed by atoms with van der Waals surface area (Å²) in [5, 5.41) is 11.4. The molecule has 10 heavy (non-hydrogen) atoms. The van der Waals surface area contributed by atoms with Gasteiger partial charge in [-0.2, -0.15) is 0 Å². The van der Waals surface area contributed by atoms with Crippen LogP contribution in [0.5, 0.6) is 0 Å². The van der Waals surface area contributed by atoms with Gasteiger partial charge in [-0.15, -0.1) is 0 Å². The summed E-state index contributed by atoms with van der Waals surface area (Å²) in [5.74, 6) is -0.713. The second kappa shape index (κ2) is 5.06. The molecule has 1 rings (SSSR count). The first-order valence-corrected chi connectivity index (χ1v) is 3.27. The first-order chi connectivity index (χ1) is 4.30. The summed E-state index contributed by atoms with van der Waals surface area (Å²) in [6, 6.07) is -0.279. The number of hydrogen-bond donors (Lipinski definition) is 2. The molecule has 58 valence electrons. The molecule has 0 aromatic rings. The molecule has 1 aliphatic heterocycles. The summed E-state index contributed by atoms with van der Waals surface area (Å²) in [5.41, 5.74) is 0. The molecule has 0 spiro atoms. The Bertz CT molecular complexity index is 112. The Balaban J connectivity index is 0.000000810. The summed E-state index contributed by atoms with van der Waals surface area (Å²) in [7, 11) is 0. The fourth-order valence-corrected chi connectivity index (χ4v) is 1.06. The molecule has 1 saturated heterocycles. The van der Waals surface area contributed by atoms with Crippen molar-refractivity contribution >= 4 is 33.3 Å². The van der Waals surface area contributed by atoms with Crippen LogP contribution in [-0.2, 0) is 4.79 Å². The number of carboxylic acids is 1. The monoisotopic (exact) mass is 339 g/mol. The van der Waals surface area contributed by atoms with Crippen molar-refractivity contribution in [1.82, 2.24) is 5.32 Å². The SMILES string of the molecule is O=C(O)C1CCCCN1.[PbH2]. The van der Waals surface area contributed by atoms with Gasteiger partial charge >= 0.3 is 33.3 Å². The second-order valence-electron chi connectivity index (χ2n) is 2.34. The third kappa shape index (κ3) is 2.96. The van der Waals surface area contributed by atoms with E-state index in [1.807, 2.05) is 0 Å². The van der Waals surface area contributed by atoms with E-state index in [9.17, 15) is 4.79 Å². The predicted molar refractivity (Wildman–Crippen MR) is 41.8 cm³/mol. The zero-order valence-electron chi connectivity index (χ0n) is 5.97. The van der Waals surface area contributed by atoms with Crippen molar-refractivity contribution in [1.29, 1.82) is 0 Å². The van der Waals surface area contributed by atoms with Crippen molar-refractivity contribution < 1.29 is 9.90 Å². The van der Waals surface area contributed by atoms with Gasteiger partial charge in [0.1, 0.15) is 6.04 Å². The first-order valence-electron chi connectivity index (χ1n) is 3.27. The van der Waals surface area contributed by atoms with Gasteiger partial charge in [-0.25, -0.2) is 0 Å². The molecule has 1 unspecified atom stereocenters. The summed E-state index contributed by atoms with van der Waals surface area (Å²) in [6.07, 6.45) is 2.95. The zero-order chi connectivity index (χ0) is 6.69. The Hall–Kier alpha value is 0.352. The van der Waals surface area contributed by atoms with Crippen LogP contribution >= 0.6 is 0 Å². The van der Waals surface area contributed by atoms with Gasteiger partial charge in [0.25, 0.3) is 0 Å². The Morgan fingerprint density at radius 1 is 1.50 bits per heavy atom. The quantitative estimate of drug-likeness (QED) is 0.622. The molecular weight excluding hydrogens is 325 g/mol. The standard InChI is InChI=1S/C6H11NO2.Pb.2H/c8-6(9)5-3-1-2-4-7-5;;;/h5,7H,1-4H2,(H,8,9);;;. The van der Waals surface area contributed by atoms with Crippen molar-refractivity contribution in [3.05, 3.63) is 0 Å². The van der Waals surface area contributed by atoms with E-state index in [-0.39, 0.29) is 33.3 Å². The fourth-order valence-electron chi connectivity index (χ4n) is 1.06. The average molecular weight is 338 g/mol. The summed E-state index contributed by atoms with van der Waals surface area (Å²) in [6.45, 7) is 0.858. The van der Waals surface area contributed by atoms with Crippen LogP contribution in [0.1, 0.15) is 19.3 Å². The molecule has 3 nitrogen and oxygen atoms in total. The molecular formula is C6H13NO2Pb. The molecule has 0 aromatic heterocycles. The van der Waals surface area contributed by atoms with E-state index in [0.717, 1.165) is 25.8 Å². The summed E-state index contributed by atoms with van der Waals surface area (Å²) < 4.78 is 0. The number of nitrogens with one attached hydrogen (secondary N) is 1. The Kier molecular flexibility index (Phi) is 5.24. The van der Waals surface area contributed by atoms with Crippen LogP contribution in [0, 0.1) is 0 Å². The van der Waals surface area contributed by atoms with E-state index in [1.165, 1.54) is 0 Å². The molecule has 0 amide bonds. The molecule has 2 radical (unpaired) electrons. The Labute approximate surface area is 80.3 Å². The van der Waals surface area contributed by atoms with Crippen LogP contribution in [-0.4, -0.2) is 51.0 Å². The van der Waals surface area contributed by atoms with Gasteiger partial charge in [-0.1, -0.05) is 6.42 Å². The first kappa shape index (κ1) is 10.4. The average Bonchev–Trinajstić information content (AvgIpc) is 1.90. The van der Waals surface area contributed by atoms with E-state index in [1.54, 1.807) is 0 Å². The second-order valence-corrected chi connectivity index (χ2v) is 2.34. The minimum atomic E-state index is -0.713. The minimum absolute atomic E-state index is 0. The van der Waals surface area contributed by atoms with Crippen molar-refractivity contribution in [2.45, 2.75) is 25.3 Å². The van der Waals surface area contributed by atoms with Crippen molar-refractivity contribution in [3.63, 3.8) is 0 Å². The van der Waals surface area contributed by atoms with Crippen molar-refractivity contribution in [2.75, 3.05) is 6.54 Å². The van der Waals surface area contributed by atoms with E-state index in [0.29, 0.717) is 0 Å². The number of aliphatic carboxylic acids is 1. The van der Waals surface area contributed by atoms with E-state index >= 15 is 0 Å². The Morgan fingerprint density at radius 3 is 2.50 bits per heavy atom. The normalized spacial score (nSPS) is 25.0. The number of carboxylic acid groups (broad SMARTS) is 1. The molecule has 2 N–H and O–H groups in total. The van der Waals surface area contributed by atoms with Crippen LogP contribution < -0.4 is 5.32 Å². The summed E-state index contributed by atoms with van der Waals surface area (Å²) >= 11 is 0. The van der Waals surface area contributed by atoms with Crippen LogP contribution in [0.15, 0.2) is 0 Å². The number of hydrogen-bond acceptors (Lipinski definition) is 2. The molecule has 0 aromatic carbocycles. The molecule has 0 aliphatic carbocycles. The molecule has 0 bridgehead atoms. The number of rotatable bonds is 1. The maximum absolute atomic E-state index is 10.3. The summed E-state index contributed by atoms with van der Waals surface area (Å²) in [4.78, 5) is 10.3. The van der Waals surface area contributed by atoms with Gasteiger partial charge in [-0.05, 0) is 19.4 Å². The van der Waals surface area contributed by atoms with Gasteiger partial charge in [-0.3, -0.25) is 4.79 Å². The number of carbonyl (C=O) groups is 1. The van der Waals surface area contributed by atoms with Crippen LogP contribution in [0.3, 0.4) is 0 Å². The third-order valence-electron chi connectivity index (χ3n) is 1.61. The fraction of sp³-hybridized carbons (Fsp3) is 0.833. The zero-order valence-corrected chi connectivity index (χ0v) is 11.5. The van der Waals surface area contributed by atoms with Gasteiger partial charge in [0.2, 0.25) is 0 Å². The molecule has 1 aliphatic rings. The number of piperidine rings is 1. The molecule has 0 saturated carbocycles. The Morgan fingerprint density at radius 2 is 2.20 bits per heavy atom. The van der Waals surface area contributed by atoms with Crippen LogP contribution in [0.2, 0.25) is 0 Å². The van der Waals surface area contributed by atoms with Gasteiger partial charge in [0, 0.05) is 0 Å². The third-order valence-corrected chi connectivity index (χ3v) is 1.61. The van der Waals surface area contributed by atoms with Crippen molar-refractivity contribution in [3.8, 4) is 0 Å². The molecule has 1 heterocycles. The van der Waals surface area contributed by atoms with E-state index in [2.05, 4.69) is 5.32 Å². The predicted octanol–water partition coefficient (Wildman–Crippen LogP) is -0.703. The van der Waals surface area contributed by atoms with Gasteiger partial charge < -0.3 is 10.4 Å². The van der Waals surface area contributed by atoms with Crippen LogP contribution in [0.25, 0.3) is 0 Å². The van der Waals surface area contributed by atoms with Gasteiger partial charge in [0.15, 0.2) is 0 Å². The van der Waals surface area contributed by atoms with Crippen molar-refractivity contribution in [2.24, 2.45) is 0 Å². The molecule has 4 heteroatoms. The van der Waals surface area contributed by atoms with E-state index < -0.39 is 5.97 Å². The molecule has 1 fully saturated rings. The maximum atomic E-state index is 10.3.